The van der Waals surface area contributed by atoms with Gasteiger partial charge in [0.25, 0.3) is 5.95 Å². The Labute approximate surface area is 125 Å². The van der Waals surface area contributed by atoms with Crippen molar-refractivity contribution in [2.75, 3.05) is 5.32 Å². The average Bonchev–Trinajstić information content (AvgIpc) is 3.05. The molecule has 0 aliphatic carbocycles. The highest BCUT2D eigenvalue weighted by molar-refractivity contribution is 5.91. The average molecular weight is 297 g/mol. The molecule has 0 spiro atoms. The second-order valence-electron chi connectivity index (χ2n) is 4.54. The van der Waals surface area contributed by atoms with Crippen molar-refractivity contribution in [3.63, 3.8) is 0 Å². The zero-order chi connectivity index (χ0) is 15.4. The van der Waals surface area contributed by atoms with Gasteiger partial charge < -0.3 is 5.32 Å². The van der Waals surface area contributed by atoms with Crippen molar-refractivity contribution in [2.24, 2.45) is 0 Å². The van der Waals surface area contributed by atoms with E-state index >= 15 is 0 Å². The van der Waals surface area contributed by atoms with Gasteiger partial charge in [0.15, 0.2) is 0 Å². The first-order chi connectivity index (χ1) is 10.7. The fourth-order valence-electron chi connectivity index (χ4n) is 1.91. The molecule has 1 aromatic carbocycles. The maximum absolute atomic E-state index is 13.5. The first-order valence-corrected chi connectivity index (χ1v) is 6.58. The Morgan fingerprint density at radius 3 is 2.64 bits per heavy atom. The molecule has 22 heavy (non-hydrogen) atoms. The Bertz CT molecular complexity index is 771. The molecule has 0 aliphatic heterocycles. The number of halogens is 1. The van der Waals surface area contributed by atoms with Crippen LogP contribution in [-0.2, 0) is 11.2 Å². The number of hydrogen-bond acceptors (Lipinski definition) is 4. The maximum atomic E-state index is 13.5. The van der Waals surface area contributed by atoms with Crippen molar-refractivity contribution < 1.29 is 9.18 Å². The van der Waals surface area contributed by atoms with E-state index in [-0.39, 0.29) is 12.3 Å². The molecule has 0 fully saturated rings. The molecule has 0 saturated carbocycles. The predicted octanol–water partition coefficient (Wildman–Crippen LogP) is 1.98. The monoisotopic (exact) mass is 297 g/mol. The Hall–Kier alpha value is -3.09. The third-order valence-corrected chi connectivity index (χ3v) is 2.94. The van der Waals surface area contributed by atoms with Gasteiger partial charge in [-0.05, 0) is 17.7 Å². The van der Waals surface area contributed by atoms with E-state index in [1.54, 1.807) is 36.7 Å². The lowest BCUT2D eigenvalue weighted by atomic mass is 10.1. The lowest BCUT2D eigenvalue weighted by Gasteiger charge is -2.06. The van der Waals surface area contributed by atoms with Gasteiger partial charge in [0.05, 0.1) is 24.5 Å². The summed E-state index contributed by atoms with van der Waals surface area (Å²) in [6.45, 7) is 0. The van der Waals surface area contributed by atoms with E-state index < -0.39 is 5.82 Å². The molecule has 0 radical (unpaired) electrons. The van der Waals surface area contributed by atoms with Gasteiger partial charge in [0, 0.05) is 12.4 Å². The Balaban J connectivity index is 1.66. The lowest BCUT2D eigenvalue weighted by molar-refractivity contribution is -0.115. The van der Waals surface area contributed by atoms with Crippen molar-refractivity contribution in [1.29, 1.82) is 0 Å². The third-order valence-electron chi connectivity index (χ3n) is 2.94. The van der Waals surface area contributed by atoms with E-state index in [1.165, 1.54) is 23.1 Å². The summed E-state index contributed by atoms with van der Waals surface area (Å²) in [6, 6.07) is 7.93. The highest BCUT2D eigenvalue weighted by Gasteiger charge is 2.08. The molecule has 3 aromatic rings. The quantitative estimate of drug-likeness (QED) is 0.799. The lowest BCUT2D eigenvalue weighted by Crippen LogP contribution is -2.16. The fraction of sp³-hybridized carbons (Fsp3) is 0.0667. The topological polar surface area (TPSA) is 72.7 Å². The molecule has 1 N–H and O–H groups in total. The minimum atomic E-state index is -0.400. The Morgan fingerprint density at radius 1 is 1.18 bits per heavy atom. The number of carbonyl (C=O) groups excluding carboxylic acids is 1. The summed E-state index contributed by atoms with van der Waals surface area (Å²) in [5.74, 6) is -0.333. The smallest absolute Gasteiger partial charge is 0.250 e. The summed E-state index contributed by atoms with van der Waals surface area (Å²) >= 11 is 0. The van der Waals surface area contributed by atoms with E-state index in [0.29, 0.717) is 17.2 Å². The Morgan fingerprint density at radius 2 is 1.95 bits per heavy atom. The van der Waals surface area contributed by atoms with E-state index in [0.717, 1.165) is 0 Å². The van der Waals surface area contributed by atoms with Crippen LogP contribution >= 0.6 is 0 Å². The molecule has 1 amide bonds. The highest BCUT2D eigenvalue weighted by atomic mass is 19.1. The molecule has 0 saturated heterocycles. The number of amides is 1. The first-order valence-electron chi connectivity index (χ1n) is 6.58. The van der Waals surface area contributed by atoms with Gasteiger partial charge >= 0.3 is 0 Å². The second kappa shape index (κ2) is 6.13. The molecule has 0 bridgehead atoms. The number of benzene rings is 1. The molecule has 7 heteroatoms. The predicted molar refractivity (Wildman–Crippen MR) is 77.9 cm³/mol. The zero-order valence-electron chi connectivity index (χ0n) is 11.5. The van der Waals surface area contributed by atoms with Gasteiger partial charge in [-0.25, -0.2) is 19.0 Å². The van der Waals surface area contributed by atoms with Crippen LogP contribution < -0.4 is 5.32 Å². The summed E-state index contributed by atoms with van der Waals surface area (Å²) in [4.78, 5) is 20.1. The first kappa shape index (κ1) is 13.9. The van der Waals surface area contributed by atoms with E-state index in [1.807, 2.05) is 0 Å². The van der Waals surface area contributed by atoms with Gasteiger partial charge in [-0.3, -0.25) is 4.79 Å². The number of aromatic nitrogens is 4. The van der Waals surface area contributed by atoms with E-state index in [2.05, 4.69) is 20.4 Å². The van der Waals surface area contributed by atoms with Gasteiger partial charge in [0.2, 0.25) is 5.91 Å². The molecule has 3 rings (SSSR count). The minimum absolute atomic E-state index is 0.0480. The van der Waals surface area contributed by atoms with Crippen LogP contribution in [0.4, 0.5) is 10.1 Å². The number of anilines is 1. The number of rotatable bonds is 4. The van der Waals surface area contributed by atoms with Crippen LogP contribution in [0.2, 0.25) is 0 Å². The van der Waals surface area contributed by atoms with Gasteiger partial charge in [-0.1, -0.05) is 18.2 Å². The molecular weight excluding hydrogens is 285 g/mol. The van der Waals surface area contributed by atoms with Crippen molar-refractivity contribution in [3.8, 4) is 5.95 Å². The van der Waals surface area contributed by atoms with Crippen molar-refractivity contribution in [2.45, 2.75) is 6.42 Å². The summed E-state index contributed by atoms with van der Waals surface area (Å²) in [6.07, 6.45) is 6.24. The van der Waals surface area contributed by atoms with Crippen molar-refractivity contribution in [3.05, 3.63) is 66.5 Å². The van der Waals surface area contributed by atoms with Gasteiger partial charge in [-0.2, -0.15) is 5.10 Å². The van der Waals surface area contributed by atoms with Crippen LogP contribution in [0.15, 0.2) is 55.1 Å². The zero-order valence-corrected chi connectivity index (χ0v) is 11.5. The van der Waals surface area contributed by atoms with Crippen LogP contribution in [0.3, 0.4) is 0 Å². The van der Waals surface area contributed by atoms with Crippen LogP contribution in [0, 0.1) is 5.82 Å². The van der Waals surface area contributed by atoms with Crippen LogP contribution in [0.1, 0.15) is 5.56 Å². The molecule has 6 nitrogen and oxygen atoms in total. The molecule has 0 atom stereocenters. The summed E-state index contributed by atoms with van der Waals surface area (Å²) < 4.78 is 15.0. The summed E-state index contributed by atoms with van der Waals surface area (Å²) in [5, 5.41) is 6.64. The molecule has 0 aliphatic rings. The second-order valence-corrected chi connectivity index (χ2v) is 4.54. The maximum Gasteiger partial charge on any atom is 0.250 e. The van der Waals surface area contributed by atoms with Gasteiger partial charge in [-0.15, -0.1) is 0 Å². The summed E-state index contributed by atoms with van der Waals surface area (Å²) in [7, 11) is 0. The normalized spacial score (nSPS) is 10.4. The fourth-order valence-corrected chi connectivity index (χ4v) is 1.91. The molecule has 2 aromatic heterocycles. The van der Waals surface area contributed by atoms with Crippen LogP contribution in [0.5, 0.6) is 0 Å². The summed E-state index contributed by atoms with van der Waals surface area (Å²) in [5.41, 5.74) is 0.784. The van der Waals surface area contributed by atoms with E-state index in [4.69, 9.17) is 0 Å². The van der Waals surface area contributed by atoms with E-state index in [9.17, 15) is 9.18 Å². The van der Waals surface area contributed by atoms with Crippen molar-refractivity contribution in [1.82, 2.24) is 19.7 Å². The largest absolute Gasteiger partial charge is 0.323 e. The standard InChI is InChI=1S/C15H12FN5O/c16-13-5-2-1-4-11(13)8-14(22)20-12-9-17-15(18-10-12)21-7-3-6-19-21/h1-7,9-10H,8H2,(H,20,22). The van der Waals surface area contributed by atoms with Crippen molar-refractivity contribution >= 4 is 11.6 Å². The SMILES string of the molecule is O=C(Cc1ccccc1F)Nc1cnc(-n2cccn2)nc1. The van der Waals surface area contributed by atoms with Crippen LogP contribution in [0.25, 0.3) is 5.95 Å². The molecule has 2 heterocycles. The molecule has 0 unspecified atom stereocenters. The number of carbonyl (C=O) groups is 1. The van der Waals surface area contributed by atoms with Crippen LogP contribution in [-0.4, -0.2) is 25.7 Å². The molecule has 110 valence electrons. The molecular formula is C15H12FN5O. The third kappa shape index (κ3) is 3.14. The van der Waals surface area contributed by atoms with Gasteiger partial charge in [0.1, 0.15) is 5.82 Å². The number of nitrogens with zero attached hydrogens (tertiary/aromatic N) is 4. The number of nitrogens with one attached hydrogen (secondary N) is 1. The Kier molecular flexibility index (Phi) is 3.86. The number of hydrogen-bond donors (Lipinski definition) is 1. The minimum Gasteiger partial charge on any atom is -0.323 e. The highest BCUT2D eigenvalue weighted by Crippen LogP contribution is 2.10.